The summed E-state index contributed by atoms with van der Waals surface area (Å²) in [6.07, 6.45) is 1.96. The first-order chi connectivity index (χ1) is 6.86. The Kier molecular flexibility index (Phi) is 2.41. The molecule has 2 rings (SSSR count). The van der Waals surface area contributed by atoms with Gasteiger partial charge in [-0.25, -0.2) is 0 Å². The van der Waals surface area contributed by atoms with Crippen LogP contribution in [0.4, 0.5) is 0 Å². The van der Waals surface area contributed by atoms with Crippen molar-refractivity contribution in [2.24, 2.45) is 0 Å². The average molecular weight is 191 g/mol. The van der Waals surface area contributed by atoms with Gasteiger partial charge in [-0.1, -0.05) is 6.07 Å². The van der Waals surface area contributed by atoms with Gasteiger partial charge in [0.15, 0.2) is 0 Å². The van der Waals surface area contributed by atoms with E-state index in [1.807, 2.05) is 35.0 Å². The number of aromatic nitrogens is 1. The molecule has 0 amide bonds. The van der Waals surface area contributed by atoms with Gasteiger partial charge < -0.3 is 14.4 Å². The van der Waals surface area contributed by atoms with Crippen molar-refractivity contribution in [2.75, 3.05) is 13.7 Å². The van der Waals surface area contributed by atoms with Crippen molar-refractivity contribution in [1.82, 2.24) is 4.57 Å². The Morgan fingerprint density at radius 1 is 1.36 bits per heavy atom. The summed E-state index contributed by atoms with van der Waals surface area (Å²) in [5.41, 5.74) is 1.10. The van der Waals surface area contributed by atoms with E-state index in [9.17, 15) is 0 Å². The van der Waals surface area contributed by atoms with Crippen LogP contribution in [0.1, 0.15) is 0 Å². The Hall–Kier alpha value is -1.48. The average Bonchev–Trinajstić information content (AvgIpc) is 2.62. The lowest BCUT2D eigenvalue weighted by Crippen LogP contribution is -1.99. The molecule has 0 radical (unpaired) electrons. The molecule has 0 aliphatic heterocycles. The highest BCUT2D eigenvalue weighted by molar-refractivity contribution is 5.86. The van der Waals surface area contributed by atoms with E-state index in [0.717, 1.165) is 16.7 Å². The predicted molar refractivity (Wildman–Crippen MR) is 55.6 cm³/mol. The molecular weight excluding hydrogens is 178 g/mol. The molecule has 14 heavy (non-hydrogen) atoms. The van der Waals surface area contributed by atoms with E-state index in [1.165, 1.54) is 0 Å². The molecule has 3 heteroatoms. The summed E-state index contributed by atoms with van der Waals surface area (Å²) in [4.78, 5) is 0. The highest BCUT2D eigenvalue weighted by Crippen LogP contribution is 2.25. The van der Waals surface area contributed by atoms with Crippen LogP contribution in [0, 0.1) is 0 Å². The summed E-state index contributed by atoms with van der Waals surface area (Å²) >= 11 is 0. The maximum absolute atomic E-state index is 8.87. The van der Waals surface area contributed by atoms with Gasteiger partial charge in [0.2, 0.25) is 0 Å². The molecule has 1 aromatic carbocycles. The van der Waals surface area contributed by atoms with Gasteiger partial charge in [0.05, 0.1) is 19.2 Å². The summed E-state index contributed by atoms with van der Waals surface area (Å²) in [6.45, 7) is 0.775. The zero-order chi connectivity index (χ0) is 9.97. The van der Waals surface area contributed by atoms with E-state index in [-0.39, 0.29) is 6.61 Å². The molecule has 0 atom stereocenters. The number of benzene rings is 1. The van der Waals surface area contributed by atoms with E-state index >= 15 is 0 Å². The Labute approximate surface area is 82.5 Å². The fourth-order valence-electron chi connectivity index (χ4n) is 1.68. The summed E-state index contributed by atoms with van der Waals surface area (Å²) in [7, 11) is 1.66. The van der Waals surface area contributed by atoms with Crippen LogP contribution in [-0.2, 0) is 6.54 Å². The van der Waals surface area contributed by atoms with Crippen LogP contribution in [0.2, 0.25) is 0 Å². The van der Waals surface area contributed by atoms with Gasteiger partial charge in [0.1, 0.15) is 5.75 Å². The molecule has 74 valence electrons. The predicted octanol–water partition coefficient (Wildman–Crippen LogP) is 1.64. The minimum Gasteiger partial charge on any atom is -0.496 e. The van der Waals surface area contributed by atoms with Gasteiger partial charge in [-0.3, -0.25) is 0 Å². The molecule has 1 N–H and O–H groups in total. The van der Waals surface area contributed by atoms with Gasteiger partial charge in [0, 0.05) is 18.1 Å². The number of hydrogen-bond acceptors (Lipinski definition) is 2. The lowest BCUT2D eigenvalue weighted by Gasteiger charge is -2.04. The van der Waals surface area contributed by atoms with Gasteiger partial charge in [-0.2, -0.15) is 0 Å². The Balaban J connectivity index is 2.57. The number of fused-ring (bicyclic) bond motifs is 1. The summed E-state index contributed by atoms with van der Waals surface area (Å²) in [5.74, 6) is 0.874. The van der Waals surface area contributed by atoms with Gasteiger partial charge in [-0.15, -0.1) is 0 Å². The highest BCUT2D eigenvalue weighted by Gasteiger charge is 2.04. The van der Waals surface area contributed by atoms with Crippen molar-refractivity contribution in [3.63, 3.8) is 0 Å². The molecule has 1 aromatic heterocycles. The molecule has 0 saturated carbocycles. The van der Waals surface area contributed by atoms with Crippen LogP contribution < -0.4 is 4.74 Å². The SMILES string of the molecule is COc1cccc2c1ccn2CCO. The zero-order valence-electron chi connectivity index (χ0n) is 8.10. The van der Waals surface area contributed by atoms with Crippen LogP contribution in [0.5, 0.6) is 5.75 Å². The topological polar surface area (TPSA) is 34.4 Å². The van der Waals surface area contributed by atoms with Crippen LogP contribution in [-0.4, -0.2) is 23.4 Å². The van der Waals surface area contributed by atoms with E-state index in [1.54, 1.807) is 7.11 Å². The normalized spacial score (nSPS) is 10.7. The third-order valence-corrected chi connectivity index (χ3v) is 2.33. The third kappa shape index (κ3) is 1.36. The van der Waals surface area contributed by atoms with Gasteiger partial charge in [-0.05, 0) is 18.2 Å². The first kappa shape index (κ1) is 9.09. The Morgan fingerprint density at radius 3 is 2.93 bits per heavy atom. The maximum Gasteiger partial charge on any atom is 0.128 e. The fraction of sp³-hybridized carbons (Fsp3) is 0.273. The molecule has 0 bridgehead atoms. The second kappa shape index (κ2) is 3.72. The molecule has 0 unspecified atom stereocenters. The van der Waals surface area contributed by atoms with Crippen LogP contribution in [0.3, 0.4) is 0 Å². The summed E-state index contributed by atoms with van der Waals surface area (Å²) in [6, 6.07) is 7.91. The number of ether oxygens (including phenoxy) is 1. The number of methoxy groups -OCH3 is 1. The van der Waals surface area contributed by atoms with Crippen molar-refractivity contribution in [3.8, 4) is 5.75 Å². The van der Waals surface area contributed by atoms with E-state index in [0.29, 0.717) is 6.54 Å². The van der Waals surface area contributed by atoms with E-state index < -0.39 is 0 Å². The van der Waals surface area contributed by atoms with Crippen LogP contribution in [0.25, 0.3) is 10.9 Å². The minimum absolute atomic E-state index is 0.154. The molecule has 2 aromatic rings. The standard InChI is InChI=1S/C11H13NO2/c1-14-11-4-2-3-10-9(11)5-6-12(10)7-8-13/h2-6,13H,7-8H2,1H3. The number of rotatable bonds is 3. The molecule has 0 aliphatic carbocycles. The largest absolute Gasteiger partial charge is 0.496 e. The second-order valence-electron chi connectivity index (χ2n) is 3.13. The molecule has 1 heterocycles. The molecule has 0 fully saturated rings. The Morgan fingerprint density at radius 2 is 2.21 bits per heavy atom. The lowest BCUT2D eigenvalue weighted by atomic mass is 10.2. The van der Waals surface area contributed by atoms with Crippen molar-refractivity contribution in [2.45, 2.75) is 6.54 Å². The first-order valence-electron chi connectivity index (χ1n) is 4.59. The van der Waals surface area contributed by atoms with E-state index in [4.69, 9.17) is 9.84 Å². The molecular formula is C11H13NO2. The number of nitrogens with zero attached hydrogens (tertiary/aromatic N) is 1. The fourth-order valence-corrected chi connectivity index (χ4v) is 1.68. The molecule has 0 aliphatic rings. The summed E-state index contributed by atoms with van der Waals surface area (Å²) in [5, 5.41) is 9.96. The van der Waals surface area contributed by atoms with Crippen molar-refractivity contribution in [3.05, 3.63) is 30.5 Å². The van der Waals surface area contributed by atoms with Crippen LogP contribution >= 0.6 is 0 Å². The highest BCUT2D eigenvalue weighted by atomic mass is 16.5. The Bertz CT molecular complexity index is 434. The molecule has 0 saturated heterocycles. The second-order valence-corrected chi connectivity index (χ2v) is 3.13. The quantitative estimate of drug-likeness (QED) is 0.800. The maximum atomic E-state index is 8.87. The third-order valence-electron chi connectivity index (χ3n) is 2.33. The smallest absolute Gasteiger partial charge is 0.128 e. The number of aliphatic hydroxyl groups is 1. The van der Waals surface area contributed by atoms with Gasteiger partial charge in [0.25, 0.3) is 0 Å². The molecule has 3 nitrogen and oxygen atoms in total. The van der Waals surface area contributed by atoms with Crippen molar-refractivity contribution in [1.29, 1.82) is 0 Å². The van der Waals surface area contributed by atoms with Crippen LogP contribution in [0.15, 0.2) is 30.5 Å². The minimum atomic E-state index is 0.154. The monoisotopic (exact) mass is 191 g/mol. The number of aliphatic hydroxyl groups excluding tert-OH is 1. The van der Waals surface area contributed by atoms with Crippen molar-refractivity contribution >= 4 is 10.9 Å². The zero-order valence-corrected chi connectivity index (χ0v) is 8.10. The number of hydrogen-bond donors (Lipinski definition) is 1. The lowest BCUT2D eigenvalue weighted by molar-refractivity contribution is 0.278. The molecule has 0 spiro atoms. The summed E-state index contributed by atoms with van der Waals surface area (Å²) < 4.78 is 7.25. The van der Waals surface area contributed by atoms with Gasteiger partial charge >= 0.3 is 0 Å². The first-order valence-corrected chi connectivity index (χ1v) is 4.59. The van der Waals surface area contributed by atoms with E-state index in [2.05, 4.69) is 0 Å². The van der Waals surface area contributed by atoms with Crippen molar-refractivity contribution < 1.29 is 9.84 Å².